The molecule has 0 aliphatic carbocycles. The largest absolute Gasteiger partial charge is 0.453 e. The van der Waals surface area contributed by atoms with Crippen molar-refractivity contribution >= 4 is 24.4 Å². The van der Waals surface area contributed by atoms with E-state index < -0.39 is 18.0 Å². The van der Waals surface area contributed by atoms with E-state index in [-0.39, 0.29) is 12.4 Å². The molecule has 0 aromatic carbocycles. The molecule has 4 N–H and O–H groups in total. The molecule has 12 heavy (non-hydrogen) atoms. The van der Waals surface area contributed by atoms with Crippen molar-refractivity contribution in [1.29, 1.82) is 0 Å². The number of rotatable bonds is 2. The van der Waals surface area contributed by atoms with Crippen LogP contribution in [0.3, 0.4) is 0 Å². The first-order chi connectivity index (χ1) is 5.11. The molecule has 0 unspecified atom stereocenters. The number of halogens is 1. The number of alkyl carbamates (subject to hydrolysis) is 1. The van der Waals surface area contributed by atoms with Gasteiger partial charge in [-0.15, -0.1) is 12.4 Å². The number of nitrogens with two attached hydrogens (primary N) is 1. The Morgan fingerprint density at radius 2 is 2.00 bits per heavy atom. The number of methoxy groups -OCH3 is 1. The van der Waals surface area contributed by atoms with Crippen LogP contribution in [0.15, 0.2) is 0 Å². The number of hydrazine groups is 1. The summed E-state index contributed by atoms with van der Waals surface area (Å²) in [4.78, 5) is 21.1. The third-order valence-electron chi connectivity index (χ3n) is 1.06. The molecule has 0 saturated heterocycles. The van der Waals surface area contributed by atoms with Gasteiger partial charge in [-0.1, -0.05) is 0 Å². The molecule has 0 aliphatic heterocycles. The molecular weight excluding hydrogens is 186 g/mol. The highest BCUT2D eigenvalue weighted by atomic mass is 35.5. The van der Waals surface area contributed by atoms with Gasteiger partial charge in [0, 0.05) is 0 Å². The maximum absolute atomic E-state index is 10.7. The van der Waals surface area contributed by atoms with E-state index in [9.17, 15) is 9.59 Å². The third kappa shape index (κ3) is 4.75. The van der Waals surface area contributed by atoms with E-state index in [1.807, 2.05) is 5.43 Å². The Balaban J connectivity index is 0. The number of hydrogen-bond acceptors (Lipinski definition) is 4. The molecule has 0 bridgehead atoms. The van der Waals surface area contributed by atoms with E-state index in [2.05, 4.69) is 10.1 Å². The van der Waals surface area contributed by atoms with Crippen LogP contribution < -0.4 is 16.6 Å². The van der Waals surface area contributed by atoms with Crippen LogP contribution in [0.5, 0.6) is 0 Å². The van der Waals surface area contributed by atoms with Crippen LogP contribution in [0.4, 0.5) is 4.79 Å². The number of amides is 2. The highest BCUT2D eigenvalue weighted by Crippen LogP contribution is 1.81. The second kappa shape index (κ2) is 6.68. The van der Waals surface area contributed by atoms with Crippen molar-refractivity contribution in [2.24, 2.45) is 5.84 Å². The highest BCUT2D eigenvalue weighted by Gasteiger charge is 2.13. The first kappa shape index (κ1) is 13.6. The Hall–Kier alpha value is -1.01. The number of carbonyl (C=O) groups is 2. The summed E-state index contributed by atoms with van der Waals surface area (Å²) in [5.41, 5.74) is 1.88. The number of ether oxygens (including phenoxy) is 1. The molecule has 2 amide bonds. The SMILES string of the molecule is COC(=O)N[C@@H](C)C(=O)NN.Cl. The number of hydrogen-bond donors (Lipinski definition) is 3. The van der Waals surface area contributed by atoms with Gasteiger partial charge < -0.3 is 10.1 Å². The topological polar surface area (TPSA) is 93.4 Å². The molecule has 0 spiro atoms. The van der Waals surface area contributed by atoms with Crippen LogP contribution in [0.25, 0.3) is 0 Å². The minimum absolute atomic E-state index is 0. The molecule has 1 atom stereocenters. The molecule has 0 heterocycles. The molecule has 0 radical (unpaired) electrons. The van der Waals surface area contributed by atoms with Crippen LogP contribution in [0.2, 0.25) is 0 Å². The van der Waals surface area contributed by atoms with Crippen molar-refractivity contribution in [3.05, 3.63) is 0 Å². The van der Waals surface area contributed by atoms with Crippen molar-refractivity contribution in [3.63, 3.8) is 0 Å². The first-order valence-electron chi connectivity index (χ1n) is 2.96. The zero-order valence-electron chi connectivity index (χ0n) is 6.79. The van der Waals surface area contributed by atoms with Gasteiger partial charge in [-0.25, -0.2) is 10.6 Å². The fourth-order valence-corrected chi connectivity index (χ4v) is 0.426. The summed E-state index contributed by atoms with van der Waals surface area (Å²) >= 11 is 0. The minimum Gasteiger partial charge on any atom is -0.453 e. The zero-order valence-corrected chi connectivity index (χ0v) is 7.60. The second-order valence-electron chi connectivity index (χ2n) is 1.87. The van der Waals surface area contributed by atoms with Crippen LogP contribution in [-0.2, 0) is 9.53 Å². The van der Waals surface area contributed by atoms with Crippen molar-refractivity contribution in [3.8, 4) is 0 Å². The summed E-state index contributed by atoms with van der Waals surface area (Å²) < 4.78 is 4.24. The number of nitrogens with one attached hydrogen (secondary N) is 2. The zero-order chi connectivity index (χ0) is 8.85. The lowest BCUT2D eigenvalue weighted by molar-refractivity contribution is -0.122. The van der Waals surface area contributed by atoms with E-state index in [1.165, 1.54) is 14.0 Å². The molecule has 0 aromatic rings. The van der Waals surface area contributed by atoms with Crippen LogP contribution in [-0.4, -0.2) is 25.2 Å². The predicted octanol–water partition coefficient (Wildman–Crippen LogP) is -0.857. The molecule has 72 valence electrons. The summed E-state index contributed by atoms with van der Waals surface area (Å²) in [5.74, 6) is 4.32. The maximum Gasteiger partial charge on any atom is 0.407 e. The van der Waals surface area contributed by atoms with Gasteiger partial charge in [0.15, 0.2) is 0 Å². The van der Waals surface area contributed by atoms with Crippen molar-refractivity contribution < 1.29 is 14.3 Å². The Morgan fingerprint density at radius 3 is 2.33 bits per heavy atom. The fraction of sp³-hybridized carbons (Fsp3) is 0.600. The smallest absolute Gasteiger partial charge is 0.407 e. The van der Waals surface area contributed by atoms with Crippen molar-refractivity contribution in [2.75, 3.05) is 7.11 Å². The summed E-state index contributed by atoms with van der Waals surface area (Å²) in [6, 6.07) is -0.688. The van der Waals surface area contributed by atoms with Gasteiger partial charge in [0.05, 0.1) is 7.11 Å². The minimum atomic E-state index is -0.688. The average Bonchev–Trinajstić information content (AvgIpc) is 2.02. The van der Waals surface area contributed by atoms with E-state index in [4.69, 9.17) is 5.84 Å². The van der Waals surface area contributed by atoms with Gasteiger partial charge in [0.1, 0.15) is 6.04 Å². The summed E-state index contributed by atoms with van der Waals surface area (Å²) in [7, 11) is 1.21. The van der Waals surface area contributed by atoms with Gasteiger partial charge in [-0.3, -0.25) is 10.2 Å². The maximum atomic E-state index is 10.7. The van der Waals surface area contributed by atoms with Crippen LogP contribution >= 0.6 is 12.4 Å². The lowest BCUT2D eigenvalue weighted by atomic mass is 10.3. The van der Waals surface area contributed by atoms with Gasteiger partial charge in [-0.05, 0) is 6.92 Å². The first-order valence-corrected chi connectivity index (χ1v) is 2.96. The molecule has 6 nitrogen and oxygen atoms in total. The lowest BCUT2D eigenvalue weighted by Gasteiger charge is -2.09. The fourth-order valence-electron chi connectivity index (χ4n) is 0.426. The average molecular weight is 198 g/mol. The Labute approximate surface area is 76.2 Å². The second-order valence-corrected chi connectivity index (χ2v) is 1.87. The molecular formula is C5H12ClN3O3. The van der Waals surface area contributed by atoms with Crippen LogP contribution in [0, 0.1) is 0 Å². The molecule has 0 fully saturated rings. The van der Waals surface area contributed by atoms with E-state index >= 15 is 0 Å². The monoisotopic (exact) mass is 197 g/mol. The molecule has 0 aliphatic rings. The van der Waals surface area contributed by atoms with E-state index in [0.717, 1.165) is 0 Å². The van der Waals surface area contributed by atoms with Gasteiger partial charge in [-0.2, -0.15) is 0 Å². The Bertz CT molecular complexity index is 164. The van der Waals surface area contributed by atoms with Gasteiger partial charge in [0.25, 0.3) is 5.91 Å². The normalized spacial score (nSPS) is 10.6. The van der Waals surface area contributed by atoms with E-state index in [1.54, 1.807) is 0 Å². The third-order valence-corrected chi connectivity index (χ3v) is 1.06. The standard InChI is InChI=1S/C5H11N3O3.ClH/c1-3(4(9)8-6)7-5(10)11-2;/h3H,6H2,1-2H3,(H,7,10)(H,8,9);1H/t3-;/m0./s1. The highest BCUT2D eigenvalue weighted by molar-refractivity contribution is 5.85. The van der Waals surface area contributed by atoms with Crippen LogP contribution in [0.1, 0.15) is 6.92 Å². The quantitative estimate of drug-likeness (QED) is 0.305. The Kier molecular flexibility index (Phi) is 7.56. The molecule has 0 aromatic heterocycles. The summed E-state index contributed by atoms with van der Waals surface area (Å²) in [5, 5.41) is 2.23. The van der Waals surface area contributed by atoms with E-state index in [0.29, 0.717) is 0 Å². The molecule has 0 rings (SSSR count). The molecule has 7 heteroatoms. The Morgan fingerprint density at radius 1 is 1.50 bits per heavy atom. The van der Waals surface area contributed by atoms with Crippen molar-refractivity contribution in [2.45, 2.75) is 13.0 Å². The number of carbonyl (C=O) groups excluding carboxylic acids is 2. The lowest BCUT2D eigenvalue weighted by Crippen LogP contribution is -2.47. The molecule has 0 saturated carbocycles. The van der Waals surface area contributed by atoms with Gasteiger partial charge >= 0.3 is 6.09 Å². The summed E-state index contributed by atoms with van der Waals surface area (Å²) in [6.07, 6.45) is -0.666. The van der Waals surface area contributed by atoms with Gasteiger partial charge in [0.2, 0.25) is 0 Å². The predicted molar refractivity (Wildman–Crippen MR) is 44.6 cm³/mol. The van der Waals surface area contributed by atoms with Crippen molar-refractivity contribution in [1.82, 2.24) is 10.7 Å². The summed E-state index contributed by atoms with van der Waals surface area (Å²) in [6.45, 7) is 1.49.